The zero-order valence-electron chi connectivity index (χ0n) is 7.64. The van der Waals surface area contributed by atoms with Crippen LogP contribution in [-0.2, 0) is 9.84 Å². The van der Waals surface area contributed by atoms with Gasteiger partial charge in [-0.15, -0.1) is 0 Å². The first-order chi connectivity index (χ1) is 6.45. The van der Waals surface area contributed by atoms with E-state index in [4.69, 9.17) is 0 Å². The van der Waals surface area contributed by atoms with Gasteiger partial charge in [0, 0.05) is 11.6 Å². The van der Waals surface area contributed by atoms with Crippen molar-refractivity contribution in [2.45, 2.75) is 11.0 Å². The zero-order valence-corrected chi connectivity index (χ0v) is 10.0. The van der Waals surface area contributed by atoms with Gasteiger partial charge in [0.2, 0.25) is 0 Å². The highest BCUT2D eigenvalue weighted by Crippen LogP contribution is 2.17. The molecule has 14 heavy (non-hydrogen) atoms. The second-order valence-electron chi connectivity index (χ2n) is 3.01. The lowest BCUT2D eigenvalue weighted by molar-refractivity contribution is 0.205. The van der Waals surface area contributed by atoms with Gasteiger partial charge in [0.25, 0.3) is 0 Å². The van der Waals surface area contributed by atoms with Crippen LogP contribution >= 0.6 is 15.9 Å². The average molecular weight is 279 g/mol. The van der Waals surface area contributed by atoms with Crippen LogP contribution in [-0.4, -0.2) is 25.1 Å². The van der Waals surface area contributed by atoms with Gasteiger partial charge < -0.3 is 5.11 Å². The van der Waals surface area contributed by atoms with E-state index in [0.717, 1.165) is 6.26 Å². The number of aliphatic hydroxyl groups excluding tert-OH is 1. The maximum Gasteiger partial charge on any atom is 0.175 e. The largest absolute Gasteiger partial charge is 0.388 e. The van der Waals surface area contributed by atoms with E-state index in [-0.39, 0.29) is 4.90 Å². The maximum atomic E-state index is 11.1. The number of alkyl halides is 1. The lowest BCUT2D eigenvalue weighted by atomic mass is 10.1. The first-order valence-electron chi connectivity index (χ1n) is 3.99. The lowest BCUT2D eigenvalue weighted by Crippen LogP contribution is -2.00. The second-order valence-corrected chi connectivity index (χ2v) is 5.67. The molecule has 0 saturated heterocycles. The minimum Gasteiger partial charge on any atom is -0.388 e. The van der Waals surface area contributed by atoms with Crippen molar-refractivity contribution in [3.05, 3.63) is 29.8 Å². The summed E-state index contributed by atoms with van der Waals surface area (Å²) in [6.07, 6.45) is 0.562. The Morgan fingerprint density at radius 2 is 1.86 bits per heavy atom. The highest BCUT2D eigenvalue weighted by Gasteiger charge is 2.09. The molecule has 0 saturated carbocycles. The Bertz CT molecular complexity index is 397. The molecule has 1 aromatic rings. The van der Waals surface area contributed by atoms with Gasteiger partial charge in [0.15, 0.2) is 9.84 Å². The molecule has 3 nitrogen and oxygen atoms in total. The number of benzene rings is 1. The third kappa shape index (κ3) is 2.80. The summed E-state index contributed by atoms with van der Waals surface area (Å²) in [4.78, 5) is 0.267. The smallest absolute Gasteiger partial charge is 0.175 e. The van der Waals surface area contributed by atoms with Crippen molar-refractivity contribution in [2.24, 2.45) is 0 Å². The van der Waals surface area contributed by atoms with E-state index in [2.05, 4.69) is 15.9 Å². The number of rotatable bonds is 3. The molecule has 0 fully saturated rings. The van der Waals surface area contributed by atoms with Crippen molar-refractivity contribution in [3.63, 3.8) is 0 Å². The molecule has 0 heterocycles. The lowest BCUT2D eigenvalue weighted by Gasteiger charge is -2.07. The van der Waals surface area contributed by atoms with Gasteiger partial charge in [-0.05, 0) is 17.7 Å². The van der Waals surface area contributed by atoms with E-state index in [1.807, 2.05) is 0 Å². The molecule has 0 aliphatic carbocycles. The van der Waals surface area contributed by atoms with Crippen LogP contribution in [0.4, 0.5) is 0 Å². The van der Waals surface area contributed by atoms with E-state index in [9.17, 15) is 13.5 Å². The molecule has 0 aliphatic rings. The Labute approximate surface area is 91.8 Å². The molecule has 78 valence electrons. The number of hydrogen-bond donors (Lipinski definition) is 1. The van der Waals surface area contributed by atoms with Gasteiger partial charge in [-0.1, -0.05) is 28.1 Å². The van der Waals surface area contributed by atoms with Crippen LogP contribution < -0.4 is 0 Å². The van der Waals surface area contributed by atoms with Crippen LogP contribution in [0.3, 0.4) is 0 Å². The molecule has 1 rings (SSSR count). The number of halogens is 1. The molecule has 0 amide bonds. The van der Waals surface area contributed by atoms with Gasteiger partial charge in [-0.25, -0.2) is 8.42 Å². The highest BCUT2D eigenvalue weighted by molar-refractivity contribution is 9.09. The Kier molecular flexibility index (Phi) is 3.69. The minimum absolute atomic E-state index is 0.267. The predicted octanol–water partition coefficient (Wildman–Crippen LogP) is 1.52. The number of sulfone groups is 1. The summed E-state index contributed by atoms with van der Waals surface area (Å²) in [6, 6.07) is 6.22. The first-order valence-corrected chi connectivity index (χ1v) is 7.00. The van der Waals surface area contributed by atoms with Crippen molar-refractivity contribution in [2.75, 3.05) is 11.6 Å². The van der Waals surface area contributed by atoms with Crippen LogP contribution in [0.5, 0.6) is 0 Å². The van der Waals surface area contributed by atoms with Gasteiger partial charge in [0.1, 0.15) is 0 Å². The molecular weight excluding hydrogens is 268 g/mol. The van der Waals surface area contributed by atoms with Crippen LogP contribution in [0.1, 0.15) is 11.7 Å². The second kappa shape index (κ2) is 4.42. The Morgan fingerprint density at radius 1 is 1.36 bits per heavy atom. The highest BCUT2D eigenvalue weighted by atomic mass is 79.9. The Hall–Kier alpha value is -0.390. The number of aliphatic hydroxyl groups is 1. The van der Waals surface area contributed by atoms with Gasteiger partial charge in [-0.2, -0.15) is 0 Å². The van der Waals surface area contributed by atoms with Crippen molar-refractivity contribution < 1.29 is 13.5 Å². The monoisotopic (exact) mass is 278 g/mol. The van der Waals surface area contributed by atoms with Crippen LogP contribution in [0, 0.1) is 0 Å². The van der Waals surface area contributed by atoms with E-state index in [1.165, 1.54) is 12.1 Å². The molecule has 1 aromatic carbocycles. The number of hydrogen-bond acceptors (Lipinski definition) is 3. The van der Waals surface area contributed by atoms with Crippen LogP contribution in [0.2, 0.25) is 0 Å². The third-order valence-corrected chi connectivity index (χ3v) is 3.58. The van der Waals surface area contributed by atoms with E-state index >= 15 is 0 Å². The SMILES string of the molecule is CS(=O)(=O)c1ccc(C(O)CBr)cc1. The molecule has 5 heteroatoms. The third-order valence-electron chi connectivity index (χ3n) is 1.84. The maximum absolute atomic E-state index is 11.1. The summed E-state index contributed by atoms with van der Waals surface area (Å²) in [5.41, 5.74) is 0.703. The summed E-state index contributed by atoms with van der Waals surface area (Å²) in [5.74, 6) is 0. The molecule has 0 aromatic heterocycles. The topological polar surface area (TPSA) is 54.4 Å². The minimum atomic E-state index is -3.15. The van der Waals surface area contributed by atoms with E-state index in [0.29, 0.717) is 10.9 Å². The normalized spacial score (nSPS) is 13.9. The van der Waals surface area contributed by atoms with E-state index < -0.39 is 15.9 Å². The molecule has 0 spiro atoms. The fourth-order valence-corrected chi connectivity index (χ4v) is 2.03. The van der Waals surface area contributed by atoms with Crippen molar-refractivity contribution in [3.8, 4) is 0 Å². The summed E-state index contributed by atoms with van der Waals surface area (Å²) in [5, 5.41) is 9.86. The molecule has 0 bridgehead atoms. The predicted molar refractivity (Wildman–Crippen MR) is 58.3 cm³/mol. The average Bonchev–Trinajstić information content (AvgIpc) is 2.15. The summed E-state index contributed by atoms with van der Waals surface area (Å²) >= 11 is 3.14. The van der Waals surface area contributed by atoms with Gasteiger partial charge in [0.05, 0.1) is 11.0 Å². The van der Waals surface area contributed by atoms with E-state index in [1.54, 1.807) is 12.1 Å². The van der Waals surface area contributed by atoms with Crippen molar-refractivity contribution in [1.29, 1.82) is 0 Å². The standard InChI is InChI=1S/C9H11BrO3S/c1-14(12,13)8-4-2-7(3-5-8)9(11)6-10/h2-5,9,11H,6H2,1H3. The fraction of sp³-hybridized carbons (Fsp3) is 0.333. The van der Waals surface area contributed by atoms with Gasteiger partial charge in [-0.3, -0.25) is 0 Å². The Morgan fingerprint density at radius 3 is 2.21 bits per heavy atom. The van der Waals surface area contributed by atoms with Gasteiger partial charge >= 0.3 is 0 Å². The fourth-order valence-electron chi connectivity index (χ4n) is 1.03. The molecule has 1 unspecified atom stereocenters. The molecule has 0 aliphatic heterocycles. The molecular formula is C9H11BrO3S. The van der Waals surface area contributed by atoms with Crippen molar-refractivity contribution >= 4 is 25.8 Å². The zero-order chi connectivity index (χ0) is 10.8. The summed E-state index contributed by atoms with van der Waals surface area (Å²) in [7, 11) is -3.15. The molecule has 1 atom stereocenters. The van der Waals surface area contributed by atoms with Crippen LogP contribution in [0.25, 0.3) is 0 Å². The quantitative estimate of drug-likeness (QED) is 0.853. The first kappa shape index (κ1) is 11.7. The molecule has 0 radical (unpaired) electrons. The van der Waals surface area contributed by atoms with Crippen LogP contribution in [0.15, 0.2) is 29.2 Å². The van der Waals surface area contributed by atoms with Crippen molar-refractivity contribution in [1.82, 2.24) is 0 Å². The summed E-state index contributed by atoms with van der Waals surface area (Å²) in [6.45, 7) is 0. The Balaban J connectivity index is 3.01. The summed E-state index contributed by atoms with van der Waals surface area (Å²) < 4.78 is 22.2. The molecule has 1 N–H and O–H groups in total.